The van der Waals surface area contributed by atoms with Gasteiger partial charge < -0.3 is 4.74 Å². The summed E-state index contributed by atoms with van der Waals surface area (Å²) in [4.78, 5) is 0. The third-order valence-corrected chi connectivity index (χ3v) is 4.75. The molecule has 0 aliphatic heterocycles. The number of nitrogens with two attached hydrogens (primary N) is 1. The number of ether oxygens (including phenoxy) is 1. The van der Waals surface area contributed by atoms with Gasteiger partial charge >= 0.3 is 0 Å². The first-order valence-electron chi connectivity index (χ1n) is 5.59. The van der Waals surface area contributed by atoms with Gasteiger partial charge in [-0.15, -0.1) is 0 Å². The first kappa shape index (κ1) is 15.5. The molecule has 4 nitrogen and oxygen atoms in total. The van der Waals surface area contributed by atoms with Gasteiger partial charge in [-0.05, 0) is 37.1 Å². The molecule has 0 saturated heterocycles. The Hall–Kier alpha value is -0.590. The maximum atomic E-state index is 10.9. The zero-order valence-corrected chi connectivity index (χ0v) is 13.1. The van der Waals surface area contributed by atoms with Crippen molar-refractivity contribution >= 4 is 26.0 Å². The third kappa shape index (κ3) is 4.96. The van der Waals surface area contributed by atoms with Crippen LogP contribution < -0.4 is 9.88 Å². The van der Waals surface area contributed by atoms with Crippen molar-refractivity contribution in [1.29, 1.82) is 0 Å². The van der Waals surface area contributed by atoms with E-state index in [-0.39, 0.29) is 11.7 Å². The molecule has 0 amide bonds. The van der Waals surface area contributed by atoms with E-state index in [0.717, 1.165) is 21.3 Å². The first-order valence-corrected chi connectivity index (χ1v) is 8.10. The van der Waals surface area contributed by atoms with Crippen LogP contribution in [0.1, 0.15) is 18.1 Å². The molecule has 0 heterocycles. The summed E-state index contributed by atoms with van der Waals surface area (Å²) in [5.74, 6) is 0.542. The standard InChI is InChI=1S/C12H18BrNO3S/c1-8(7-18(14,15)16)6-17-11-4-9(2)12(13)10(3)5-11/h4-5,8H,6-7H2,1-3H3,(H2,14,15,16). The van der Waals surface area contributed by atoms with Crippen molar-refractivity contribution in [3.8, 4) is 5.75 Å². The molecule has 1 unspecified atom stereocenters. The lowest BCUT2D eigenvalue weighted by Crippen LogP contribution is -2.25. The molecule has 6 heteroatoms. The average Bonchev–Trinajstić information content (AvgIpc) is 2.20. The summed E-state index contributed by atoms with van der Waals surface area (Å²) in [6.45, 7) is 6.09. The Labute approximate surface area is 117 Å². The molecule has 1 atom stereocenters. The molecular formula is C12H18BrNO3S. The second-order valence-corrected chi connectivity index (χ2v) is 7.07. The quantitative estimate of drug-likeness (QED) is 0.897. The zero-order valence-electron chi connectivity index (χ0n) is 10.7. The van der Waals surface area contributed by atoms with E-state index in [2.05, 4.69) is 15.9 Å². The summed E-state index contributed by atoms with van der Waals surface area (Å²) >= 11 is 3.48. The Kier molecular flexibility index (Phi) is 5.19. The van der Waals surface area contributed by atoms with Crippen molar-refractivity contribution < 1.29 is 13.2 Å². The highest BCUT2D eigenvalue weighted by Crippen LogP contribution is 2.26. The third-order valence-electron chi connectivity index (χ3n) is 2.46. The summed E-state index contributed by atoms with van der Waals surface area (Å²) in [7, 11) is -3.44. The maximum absolute atomic E-state index is 10.9. The van der Waals surface area contributed by atoms with Gasteiger partial charge in [0.25, 0.3) is 0 Å². The average molecular weight is 336 g/mol. The Morgan fingerprint density at radius 2 is 1.83 bits per heavy atom. The number of hydrogen-bond acceptors (Lipinski definition) is 3. The van der Waals surface area contributed by atoms with Crippen LogP contribution in [0.5, 0.6) is 5.75 Å². The minimum absolute atomic E-state index is 0.0680. The summed E-state index contributed by atoms with van der Waals surface area (Å²) in [6.07, 6.45) is 0. The summed E-state index contributed by atoms with van der Waals surface area (Å²) in [5.41, 5.74) is 2.17. The molecule has 1 aromatic rings. The molecule has 0 saturated carbocycles. The SMILES string of the molecule is Cc1cc(OCC(C)CS(N)(=O)=O)cc(C)c1Br. The first-order chi connectivity index (χ1) is 8.19. The Morgan fingerprint density at radius 3 is 2.28 bits per heavy atom. The van der Waals surface area contributed by atoms with Crippen molar-refractivity contribution in [3.05, 3.63) is 27.7 Å². The molecule has 0 spiro atoms. The lowest BCUT2D eigenvalue weighted by Gasteiger charge is -2.13. The van der Waals surface area contributed by atoms with E-state index < -0.39 is 10.0 Å². The van der Waals surface area contributed by atoms with E-state index in [9.17, 15) is 8.42 Å². The van der Waals surface area contributed by atoms with Crippen molar-refractivity contribution in [1.82, 2.24) is 0 Å². The van der Waals surface area contributed by atoms with E-state index >= 15 is 0 Å². The molecule has 1 rings (SSSR count). The number of aryl methyl sites for hydroxylation is 2. The molecule has 0 aromatic heterocycles. The number of rotatable bonds is 5. The van der Waals surface area contributed by atoms with Gasteiger partial charge in [0.15, 0.2) is 0 Å². The second kappa shape index (κ2) is 6.04. The number of primary sulfonamides is 1. The molecule has 0 aliphatic rings. The number of sulfonamides is 1. The molecule has 0 bridgehead atoms. The fourth-order valence-electron chi connectivity index (χ4n) is 1.67. The van der Waals surface area contributed by atoms with Gasteiger partial charge in [-0.25, -0.2) is 13.6 Å². The lowest BCUT2D eigenvalue weighted by atomic mass is 10.1. The molecule has 0 aliphatic carbocycles. The molecule has 102 valence electrons. The predicted molar refractivity (Wildman–Crippen MR) is 76.2 cm³/mol. The summed E-state index contributed by atoms with van der Waals surface area (Å²) < 4.78 is 28.5. The monoisotopic (exact) mass is 335 g/mol. The summed E-state index contributed by atoms with van der Waals surface area (Å²) in [5, 5.41) is 4.98. The highest BCUT2D eigenvalue weighted by Gasteiger charge is 2.12. The fraction of sp³-hybridized carbons (Fsp3) is 0.500. The van der Waals surface area contributed by atoms with Crippen LogP contribution in [0.25, 0.3) is 0 Å². The normalized spacial score (nSPS) is 13.4. The number of hydrogen-bond donors (Lipinski definition) is 1. The topological polar surface area (TPSA) is 69.4 Å². The van der Waals surface area contributed by atoms with Crippen molar-refractivity contribution in [2.75, 3.05) is 12.4 Å². The van der Waals surface area contributed by atoms with E-state index in [1.54, 1.807) is 6.92 Å². The Balaban J connectivity index is 2.64. The lowest BCUT2D eigenvalue weighted by molar-refractivity contribution is 0.271. The molecule has 2 N–H and O–H groups in total. The minimum Gasteiger partial charge on any atom is -0.493 e. The van der Waals surface area contributed by atoms with Crippen LogP contribution in [-0.4, -0.2) is 20.8 Å². The van der Waals surface area contributed by atoms with Crippen LogP contribution in [0.2, 0.25) is 0 Å². The second-order valence-electron chi connectivity index (χ2n) is 4.62. The van der Waals surface area contributed by atoms with E-state index in [1.165, 1.54) is 0 Å². The van der Waals surface area contributed by atoms with Gasteiger partial charge in [0.05, 0.1) is 12.4 Å². The smallest absolute Gasteiger partial charge is 0.209 e. The van der Waals surface area contributed by atoms with Crippen LogP contribution in [-0.2, 0) is 10.0 Å². The van der Waals surface area contributed by atoms with Gasteiger partial charge in [0.1, 0.15) is 5.75 Å². The van der Waals surface area contributed by atoms with Crippen LogP contribution in [0.4, 0.5) is 0 Å². The zero-order chi connectivity index (χ0) is 13.9. The Morgan fingerprint density at radius 1 is 1.33 bits per heavy atom. The highest BCUT2D eigenvalue weighted by molar-refractivity contribution is 9.10. The molecule has 1 aromatic carbocycles. The van der Waals surface area contributed by atoms with Gasteiger partial charge in [0, 0.05) is 10.4 Å². The minimum atomic E-state index is -3.44. The molecule has 0 fully saturated rings. The van der Waals surface area contributed by atoms with E-state index in [1.807, 2.05) is 26.0 Å². The van der Waals surface area contributed by atoms with Crippen LogP contribution >= 0.6 is 15.9 Å². The van der Waals surface area contributed by atoms with Gasteiger partial charge in [-0.3, -0.25) is 0 Å². The van der Waals surface area contributed by atoms with E-state index in [0.29, 0.717) is 6.61 Å². The van der Waals surface area contributed by atoms with Gasteiger partial charge in [-0.2, -0.15) is 0 Å². The van der Waals surface area contributed by atoms with Crippen LogP contribution in [0.3, 0.4) is 0 Å². The van der Waals surface area contributed by atoms with Crippen molar-refractivity contribution in [3.63, 3.8) is 0 Å². The Bertz CT molecular complexity index is 505. The van der Waals surface area contributed by atoms with Crippen molar-refractivity contribution in [2.45, 2.75) is 20.8 Å². The highest BCUT2D eigenvalue weighted by atomic mass is 79.9. The van der Waals surface area contributed by atoms with Crippen LogP contribution in [0, 0.1) is 19.8 Å². The largest absolute Gasteiger partial charge is 0.493 e. The molecule has 18 heavy (non-hydrogen) atoms. The fourth-order valence-corrected chi connectivity index (χ4v) is 2.79. The van der Waals surface area contributed by atoms with Gasteiger partial charge in [-0.1, -0.05) is 22.9 Å². The maximum Gasteiger partial charge on any atom is 0.209 e. The summed E-state index contributed by atoms with van der Waals surface area (Å²) in [6, 6.07) is 3.83. The van der Waals surface area contributed by atoms with Crippen molar-refractivity contribution in [2.24, 2.45) is 11.1 Å². The molecular weight excluding hydrogens is 318 g/mol. The van der Waals surface area contributed by atoms with Gasteiger partial charge in [0.2, 0.25) is 10.0 Å². The predicted octanol–water partition coefficient (Wildman–Crippen LogP) is 2.37. The number of benzene rings is 1. The van der Waals surface area contributed by atoms with Crippen LogP contribution in [0.15, 0.2) is 16.6 Å². The molecule has 0 radical (unpaired) electrons. The number of halogens is 1. The van der Waals surface area contributed by atoms with E-state index in [4.69, 9.17) is 9.88 Å².